The molecule has 1 N–H and O–H groups in total. The van der Waals surface area contributed by atoms with Gasteiger partial charge in [0.1, 0.15) is 11.3 Å². The molecule has 1 saturated carbocycles. The lowest BCUT2D eigenvalue weighted by molar-refractivity contribution is -0.129. The fourth-order valence-corrected chi connectivity index (χ4v) is 3.41. The number of carbonyl (C=O) groups is 2. The van der Waals surface area contributed by atoms with Crippen LogP contribution in [0.1, 0.15) is 44.1 Å². The molecule has 0 radical (unpaired) electrons. The summed E-state index contributed by atoms with van der Waals surface area (Å²) in [5.41, 5.74) is 0.393. The van der Waals surface area contributed by atoms with E-state index in [-0.39, 0.29) is 59.1 Å². The van der Waals surface area contributed by atoms with Crippen LogP contribution in [0.2, 0.25) is 0 Å². The van der Waals surface area contributed by atoms with E-state index in [1.165, 1.54) is 26.2 Å². The normalized spacial score (nSPS) is 22.3. The summed E-state index contributed by atoms with van der Waals surface area (Å²) in [6, 6.07) is 2.91. The molecule has 3 atom stereocenters. The van der Waals surface area contributed by atoms with Gasteiger partial charge in [-0.1, -0.05) is 13.8 Å². The number of Topliss-reactive ketones (excluding diaryl/α,β-unsaturated/α-hetero) is 2. The maximum Gasteiger partial charge on any atom is 0.199 e. The number of halogens is 2. The number of hydrogen-bond acceptors (Lipinski definition) is 6. The number of rotatable bonds is 7. The zero-order valence-electron chi connectivity index (χ0n) is 16.4. The number of aliphatic hydroxyl groups excluding tert-OH is 1. The third-order valence-corrected chi connectivity index (χ3v) is 5.23. The molecule has 2 rings (SSSR count). The van der Waals surface area contributed by atoms with Crippen molar-refractivity contribution in [1.82, 2.24) is 4.98 Å². The first-order valence-electron chi connectivity index (χ1n) is 9.04. The van der Waals surface area contributed by atoms with Crippen LogP contribution in [-0.2, 0) is 29.3 Å². The lowest BCUT2D eigenvalue weighted by Gasteiger charge is -2.25. The van der Waals surface area contributed by atoms with E-state index in [0.717, 1.165) is 0 Å². The first-order valence-corrected chi connectivity index (χ1v) is 10.1. The first-order chi connectivity index (χ1) is 13.1. The van der Waals surface area contributed by atoms with E-state index in [2.05, 4.69) is 4.98 Å². The van der Waals surface area contributed by atoms with Gasteiger partial charge in [-0.25, -0.2) is 4.39 Å². The summed E-state index contributed by atoms with van der Waals surface area (Å²) in [5, 5.41) is 10.8. The second-order valence-electron chi connectivity index (χ2n) is 7.11. The van der Waals surface area contributed by atoms with E-state index in [1.807, 2.05) is 0 Å². The van der Waals surface area contributed by atoms with E-state index in [1.54, 1.807) is 36.4 Å². The standard InChI is InChI=1S/C20H25FINO5/c1-11-9-12(2)18(25)16(17(11)24)19(26)13-5-6-15(20(3,21)22)23-14(13)10-28-8-7-27-4/h5-6,11-12,26H,7-10H2,1-4H3. The van der Waals surface area contributed by atoms with E-state index in [4.69, 9.17) is 9.47 Å². The summed E-state index contributed by atoms with van der Waals surface area (Å²) < 4.78 is 23.0. The molecule has 1 aliphatic carbocycles. The van der Waals surface area contributed by atoms with Crippen LogP contribution in [0.4, 0.5) is 4.39 Å². The van der Waals surface area contributed by atoms with Gasteiger partial charge in [-0.05, 0) is 48.1 Å². The maximum atomic E-state index is 14.3. The Balaban J connectivity index is 2.52. The number of aromatic nitrogens is 1. The Morgan fingerprint density at radius 1 is 1.29 bits per heavy atom. The molecule has 1 fully saturated rings. The minimum absolute atomic E-state index is 0.0237. The molecule has 0 bridgehead atoms. The molecule has 1 aliphatic rings. The molecular weight excluding hydrogens is 480 g/mol. The van der Waals surface area contributed by atoms with Crippen LogP contribution in [-0.4, -0.2) is 42.0 Å². The molecule has 0 aromatic carbocycles. The second-order valence-corrected chi connectivity index (χ2v) is 9.14. The molecule has 28 heavy (non-hydrogen) atoms. The highest BCUT2D eigenvalue weighted by molar-refractivity contribution is 14.1. The highest BCUT2D eigenvalue weighted by Gasteiger charge is 2.37. The average Bonchev–Trinajstić information content (AvgIpc) is 2.63. The lowest BCUT2D eigenvalue weighted by atomic mass is 9.77. The molecule has 6 nitrogen and oxygen atoms in total. The molecule has 8 heteroatoms. The van der Waals surface area contributed by atoms with Crippen molar-refractivity contribution in [3.05, 3.63) is 34.7 Å². The van der Waals surface area contributed by atoms with Gasteiger partial charge in [0, 0.05) is 24.5 Å². The van der Waals surface area contributed by atoms with Gasteiger partial charge in [0.15, 0.2) is 15.2 Å². The number of pyridine rings is 1. The molecule has 3 unspecified atom stereocenters. The van der Waals surface area contributed by atoms with Crippen molar-refractivity contribution in [2.45, 2.75) is 37.5 Å². The van der Waals surface area contributed by atoms with Gasteiger partial charge in [-0.15, -0.1) is 0 Å². The van der Waals surface area contributed by atoms with Crippen LogP contribution in [0.3, 0.4) is 0 Å². The zero-order chi connectivity index (χ0) is 21.1. The number of aliphatic hydroxyl groups is 1. The fraction of sp³-hybridized carbons (Fsp3) is 0.550. The van der Waals surface area contributed by atoms with Crippen molar-refractivity contribution in [3.63, 3.8) is 0 Å². The molecule has 0 saturated heterocycles. The van der Waals surface area contributed by atoms with Crippen molar-refractivity contribution in [1.29, 1.82) is 0 Å². The SMILES string of the molecule is COCCOCc1nc(C(C)(F)I)ccc1C(O)=C1C(=O)C(C)CC(C)C1=O. The van der Waals surface area contributed by atoms with E-state index in [9.17, 15) is 19.1 Å². The number of ketones is 2. The van der Waals surface area contributed by atoms with Crippen LogP contribution in [0.25, 0.3) is 5.76 Å². The molecule has 0 spiro atoms. The minimum atomic E-state index is -1.72. The van der Waals surface area contributed by atoms with Gasteiger partial charge in [-0.2, -0.15) is 0 Å². The summed E-state index contributed by atoms with van der Waals surface area (Å²) in [6.07, 6.45) is 0.452. The number of nitrogens with zero attached hydrogens (tertiary/aromatic N) is 1. The molecule has 154 valence electrons. The van der Waals surface area contributed by atoms with Crippen LogP contribution in [0.15, 0.2) is 17.7 Å². The monoisotopic (exact) mass is 505 g/mol. The Bertz CT molecular complexity index is 765. The summed E-state index contributed by atoms with van der Waals surface area (Å²) in [6.45, 7) is 5.45. The highest BCUT2D eigenvalue weighted by Crippen LogP contribution is 2.35. The predicted octanol–water partition coefficient (Wildman–Crippen LogP) is 3.91. The maximum absolute atomic E-state index is 14.3. The summed E-state index contributed by atoms with van der Waals surface area (Å²) in [4.78, 5) is 29.4. The van der Waals surface area contributed by atoms with Gasteiger partial charge >= 0.3 is 0 Å². The third-order valence-electron chi connectivity index (χ3n) is 4.68. The van der Waals surface area contributed by atoms with Gasteiger partial charge in [0.25, 0.3) is 0 Å². The smallest absolute Gasteiger partial charge is 0.199 e. The Morgan fingerprint density at radius 2 is 1.89 bits per heavy atom. The summed E-state index contributed by atoms with van der Waals surface area (Å²) in [5.74, 6) is -1.92. The fourth-order valence-electron chi connectivity index (χ4n) is 3.11. The topological polar surface area (TPSA) is 85.7 Å². The number of alkyl halides is 2. The Hall–Kier alpha value is -1.39. The van der Waals surface area contributed by atoms with Crippen molar-refractivity contribution >= 4 is 39.9 Å². The molecular formula is C20H25FINO5. The summed E-state index contributed by atoms with van der Waals surface area (Å²) in [7, 11) is 1.54. The summed E-state index contributed by atoms with van der Waals surface area (Å²) >= 11 is 1.62. The van der Waals surface area contributed by atoms with E-state index >= 15 is 0 Å². The molecule has 1 heterocycles. The number of methoxy groups -OCH3 is 1. The van der Waals surface area contributed by atoms with Crippen LogP contribution in [0.5, 0.6) is 0 Å². The number of carbonyl (C=O) groups excluding carboxylic acids is 2. The van der Waals surface area contributed by atoms with E-state index < -0.39 is 9.43 Å². The van der Waals surface area contributed by atoms with Crippen LogP contribution >= 0.6 is 22.6 Å². The molecule has 1 aromatic heterocycles. The number of ether oxygens (including phenoxy) is 2. The van der Waals surface area contributed by atoms with Crippen molar-refractivity contribution < 1.29 is 28.6 Å². The quantitative estimate of drug-likeness (QED) is 0.151. The van der Waals surface area contributed by atoms with Gasteiger partial charge < -0.3 is 14.6 Å². The largest absolute Gasteiger partial charge is 0.506 e. The van der Waals surface area contributed by atoms with Crippen molar-refractivity contribution in [2.75, 3.05) is 20.3 Å². The Kier molecular flexibility index (Phi) is 7.69. The number of allylic oxidation sites excluding steroid dienone is 1. The van der Waals surface area contributed by atoms with Gasteiger partial charge in [-0.3, -0.25) is 14.6 Å². The molecule has 1 aromatic rings. The Morgan fingerprint density at radius 3 is 2.43 bits per heavy atom. The molecule has 0 aliphatic heterocycles. The van der Waals surface area contributed by atoms with Crippen LogP contribution < -0.4 is 0 Å². The predicted molar refractivity (Wildman–Crippen MR) is 111 cm³/mol. The second kappa shape index (κ2) is 9.41. The highest BCUT2D eigenvalue weighted by atomic mass is 127. The zero-order valence-corrected chi connectivity index (χ0v) is 18.6. The van der Waals surface area contributed by atoms with Gasteiger partial charge in [0.2, 0.25) is 0 Å². The lowest BCUT2D eigenvalue weighted by Crippen LogP contribution is -2.33. The third kappa shape index (κ3) is 5.15. The first kappa shape index (κ1) is 22.9. The van der Waals surface area contributed by atoms with Crippen LogP contribution in [0, 0.1) is 11.8 Å². The van der Waals surface area contributed by atoms with E-state index in [0.29, 0.717) is 13.0 Å². The number of hydrogen-bond donors (Lipinski definition) is 1. The van der Waals surface area contributed by atoms with Crippen molar-refractivity contribution in [3.8, 4) is 0 Å². The minimum Gasteiger partial charge on any atom is -0.506 e. The van der Waals surface area contributed by atoms with Gasteiger partial charge in [0.05, 0.1) is 31.2 Å². The molecule has 0 amide bonds. The van der Waals surface area contributed by atoms with Crippen molar-refractivity contribution in [2.24, 2.45) is 11.8 Å². The Labute approximate surface area is 177 Å². The average molecular weight is 505 g/mol.